The number of carbonyl (C=O) groups is 1. The molecule has 21 heavy (non-hydrogen) atoms. The van der Waals surface area contributed by atoms with Gasteiger partial charge in [-0.3, -0.25) is 4.79 Å². The average Bonchev–Trinajstić information content (AvgIpc) is 2.95. The molecule has 116 valence electrons. The summed E-state index contributed by atoms with van der Waals surface area (Å²) in [4.78, 5) is 14.2. The molecular formula is C17H26N2O2. The van der Waals surface area contributed by atoms with Crippen LogP contribution in [0.3, 0.4) is 0 Å². The van der Waals surface area contributed by atoms with Crippen molar-refractivity contribution < 1.29 is 9.53 Å². The van der Waals surface area contributed by atoms with Crippen LogP contribution < -0.4 is 5.73 Å². The van der Waals surface area contributed by atoms with E-state index >= 15 is 0 Å². The van der Waals surface area contributed by atoms with E-state index in [1.807, 2.05) is 35.2 Å². The summed E-state index contributed by atoms with van der Waals surface area (Å²) < 4.78 is 5.81. The van der Waals surface area contributed by atoms with Crippen LogP contribution in [0.4, 0.5) is 0 Å². The van der Waals surface area contributed by atoms with Gasteiger partial charge in [-0.05, 0) is 17.9 Å². The number of nitrogens with two attached hydrogens (primary N) is 1. The third kappa shape index (κ3) is 4.83. The number of carbonyl (C=O) groups excluding carboxylic acids is 1. The van der Waals surface area contributed by atoms with Crippen LogP contribution in [0.25, 0.3) is 0 Å². The SMILES string of the molecule is CC(C)COC1CCN(C(=O)CC(N)c2ccccc2)C1. The normalized spacial score (nSPS) is 20.0. The van der Waals surface area contributed by atoms with Crippen LogP contribution in [-0.4, -0.2) is 36.6 Å². The van der Waals surface area contributed by atoms with E-state index in [0.29, 0.717) is 18.9 Å². The summed E-state index contributed by atoms with van der Waals surface area (Å²) >= 11 is 0. The summed E-state index contributed by atoms with van der Waals surface area (Å²) in [6, 6.07) is 9.56. The molecule has 2 rings (SSSR count). The lowest BCUT2D eigenvalue weighted by Gasteiger charge is -2.20. The van der Waals surface area contributed by atoms with Crippen molar-refractivity contribution in [1.82, 2.24) is 4.90 Å². The first-order chi connectivity index (χ1) is 10.1. The topological polar surface area (TPSA) is 55.6 Å². The molecule has 1 aliphatic heterocycles. The number of benzene rings is 1. The van der Waals surface area contributed by atoms with Crippen molar-refractivity contribution >= 4 is 5.91 Å². The van der Waals surface area contributed by atoms with Crippen molar-refractivity contribution in [3.63, 3.8) is 0 Å². The van der Waals surface area contributed by atoms with Gasteiger partial charge in [-0.15, -0.1) is 0 Å². The monoisotopic (exact) mass is 290 g/mol. The molecule has 1 aromatic carbocycles. The zero-order valence-electron chi connectivity index (χ0n) is 13.0. The fraction of sp³-hybridized carbons (Fsp3) is 0.588. The highest BCUT2D eigenvalue weighted by atomic mass is 16.5. The second-order valence-corrected chi connectivity index (χ2v) is 6.20. The average molecular weight is 290 g/mol. The highest BCUT2D eigenvalue weighted by molar-refractivity contribution is 5.77. The minimum atomic E-state index is -0.227. The van der Waals surface area contributed by atoms with E-state index in [1.165, 1.54) is 0 Å². The van der Waals surface area contributed by atoms with Crippen LogP contribution in [0.1, 0.15) is 38.3 Å². The highest BCUT2D eigenvalue weighted by Gasteiger charge is 2.27. The number of ether oxygens (including phenoxy) is 1. The lowest BCUT2D eigenvalue weighted by Crippen LogP contribution is -2.32. The lowest BCUT2D eigenvalue weighted by atomic mass is 10.0. The minimum absolute atomic E-state index is 0.127. The Morgan fingerprint density at radius 2 is 2.10 bits per heavy atom. The standard InChI is InChI=1S/C17H26N2O2/c1-13(2)12-21-15-8-9-19(11-15)17(20)10-16(18)14-6-4-3-5-7-14/h3-7,13,15-16H,8-12,18H2,1-2H3. The van der Waals surface area contributed by atoms with Crippen LogP contribution in [0.2, 0.25) is 0 Å². The van der Waals surface area contributed by atoms with Gasteiger partial charge in [-0.25, -0.2) is 0 Å². The Bertz CT molecular complexity index is 447. The van der Waals surface area contributed by atoms with Gasteiger partial charge in [0.25, 0.3) is 0 Å². The molecular weight excluding hydrogens is 264 g/mol. The maximum absolute atomic E-state index is 12.3. The molecule has 0 saturated carbocycles. The summed E-state index contributed by atoms with van der Waals surface area (Å²) in [6.45, 7) is 6.51. The fourth-order valence-corrected chi connectivity index (χ4v) is 2.55. The zero-order valence-corrected chi connectivity index (χ0v) is 13.0. The first-order valence-electron chi connectivity index (χ1n) is 7.76. The van der Waals surface area contributed by atoms with Crippen molar-refractivity contribution in [3.05, 3.63) is 35.9 Å². The Kier molecular flexibility index (Phi) is 5.76. The lowest BCUT2D eigenvalue weighted by molar-refractivity contribution is -0.131. The van der Waals surface area contributed by atoms with Gasteiger partial charge in [0.15, 0.2) is 0 Å². The molecule has 1 fully saturated rings. The van der Waals surface area contributed by atoms with Crippen LogP contribution in [0.15, 0.2) is 30.3 Å². The Morgan fingerprint density at radius 3 is 2.76 bits per heavy atom. The number of nitrogens with zero attached hydrogens (tertiary/aromatic N) is 1. The van der Waals surface area contributed by atoms with Crippen molar-refractivity contribution in [2.24, 2.45) is 11.7 Å². The quantitative estimate of drug-likeness (QED) is 0.875. The van der Waals surface area contributed by atoms with Crippen LogP contribution in [0, 0.1) is 5.92 Å². The molecule has 4 heteroatoms. The summed E-state index contributed by atoms with van der Waals surface area (Å²) in [5.74, 6) is 0.656. The van der Waals surface area contributed by atoms with Crippen molar-refractivity contribution in [1.29, 1.82) is 0 Å². The van der Waals surface area contributed by atoms with Gasteiger partial charge >= 0.3 is 0 Å². The van der Waals surface area contributed by atoms with Crippen molar-refractivity contribution in [2.45, 2.75) is 38.8 Å². The van der Waals surface area contributed by atoms with Gasteiger partial charge in [0.1, 0.15) is 0 Å². The molecule has 2 unspecified atom stereocenters. The zero-order chi connectivity index (χ0) is 15.2. The Morgan fingerprint density at radius 1 is 1.38 bits per heavy atom. The Hall–Kier alpha value is -1.39. The Labute approximate surface area is 127 Å². The predicted octanol–water partition coefficient (Wildman–Crippen LogP) is 2.35. The van der Waals surface area contributed by atoms with Gasteiger partial charge in [-0.1, -0.05) is 44.2 Å². The van der Waals surface area contributed by atoms with E-state index in [1.54, 1.807) is 0 Å². The Balaban J connectivity index is 1.79. The molecule has 2 atom stereocenters. The predicted molar refractivity (Wildman–Crippen MR) is 83.8 cm³/mol. The van der Waals surface area contributed by atoms with Crippen LogP contribution in [-0.2, 0) is 9.53 Å². The van der Waals surface area contributed by atoms with E-state index in [2.05, 4.69) is 13.8 Å². The molecule has 0 aliphatic carbocycles. The van der Waals surface area contributed by atoms with Gasteiger partial charge in [0, 0.05) is 32.2 Å². The van der Waals surface area contributed by atoms with E-state index in [9.17, 15) is 4.79 Å². The van der Waals surface area contributed by atoms with Gasteiger partial charge in [0.05, 0.1) is 6.10 Å². The number of rotatable bonds is 6. The number of likely N-dealkylation sites (tertiary alicyclic amines) is 1. The minimum Gasteiger partial charge on any atom is -0.376 e. The number of amides is 1. The molecule has 1 saturated heterocycles. The fourth-order valence-electron chi connectivity index (χ4n) is 2.55. The van der Waals surface area contributed by atoms with Crippen molar-refractivity contribution in [3.8, 4) is 0 Å². The summed E-state index contributed by atoms with van der Waals surface area (Å²) in [5, 5.41) is 0. The molecule has 0 radical (unpaired) electrons. The van der Waals surface area contributed by atoms with E-state index in [-0.39, 0.29) is 18.1 Å². The molecule has 4 nitrogen and oxygen atoms in total. The van der Waals surface area contributed by atoms with Crippen LogP contribution in [0.5, 0.6) is 0 Å². The third-order valence-corrected chi connectivity index (χ3v) is 3.79. The van der Waals surface area contributed by atoms with Gasteiger partial charge in [0.2, 0.25) is 5.91 Å². The maximum Gasteiger partial charge on any atom is 0.224 e. The molecule has 2 N–H and O–H groups in total. The first kappa shape index (κ1) is 16.0. The van der Waals surface area contributed by atoms with E-state index in [4.69, 9.17) is 10.5 Å². The second-order valence-electron chi connectivity index (χ2n) is 6.20. The highest BCUT2D eigenvalue weighted by Crippen LogP contribution is 2.19. The molecule has 1 aliphatic rings. The molecule has 0 bridgehead atoms. The smallest absolute Gasteiger partial charge is 0.224 e. The number of hydrogen-bond acceptors (Lipinski definition) is 3. The summed E-state index contributed by atoms with van der Waals surface area (Å²) in [7, 11) is 0. The summed E-state index contributed by atoms with van der Waals surface area (Å²) in [5.41, 5.74) is 7.13. The van der Waals surface area contributed by atoms with E-state index in [0.717, 1.165) is 25.1 Å². The largest absolute Gasteiger partial charge is 0.376 e. The van der Waals surface area contributed by atoms with Crippen molar-refractivity contribution in [2.75, 3.05) is 19.7 Å². The number of hydrogen-bond donors (Lipinski definition) is 1. The van der Waals surface area contributed by atoms with Gasteiger partial charge < -0.3 is 15.4 Å². The molecule has 1 amide bonds. The van der Waals surface area contributed by atoms with Crippen LogP contribution >= 0.6 is 0 Å². The third-order valence-electron chi connectivity index (χ3n) is 3.79. The molecule has 1 heterocycles. The second kappa shape index (κ2) is 7.57. The summed E-state index contributed by atoms with van der Waals surface area (Å²) in [6.07, 6.45) is 1.48. The molecule has 1 aromatic rings. The molecule has 0 aromatic heterocycles. The van der Waals surface area contributed by atoms with E-state index < -0.39 is 0 Å². The van der Waals surface area contributed by atoms with Gasteiger partial charge in [-0.2, -0.15) is 0 Å². The first-order valence-corrected chi connectivity index (χ1v) is 7.76. The molecule has 0 spiro atoms. The maximum atomic E-state index is 12.3.